The first kappa shape index (κ1) is 8.09. The van der Waals surface area contributed by atoms with Gasteiger partial charge in [0.05, 0.1) is 0 Å². The Morgan fingerprint density at radius 1 is 1.17 bits per heavy atom. The van der Waals surface area contributed by atoms with Crippen LogP contribution in [-0.4, -0.2) is 11.9 Å². The zero-order valence-electron chi connectivity index (χ0n) is 7.51. The lowest BCUT2D eigenvalue weighted by Gasteiger charge is -2.36. The molecule has 2 nitrogen and oxygen atoms in total. The fraction of sp³-hybridized carbons (Fsp3) is 0.900. The SMILES string of the molecule is O=CNC12CCCC(CC1)CC2. The van der Waals surface area contributed by atoms with Crippen molar-refractivity contribution in [3.63, 3.8) is 0 Å². The van der Waals surface area contributed by atoms with E-state index in [1.165, 1.54) is 44.9 Å². The first-order valence-corrected chi connectivity index (χ1v) is 5.06. The van der Waals surface area contributed by atoms with Crippen LogP contribution in [0.25, 0.3) is 0 Å². The summed E-state index contributed by atoms with van der Waals surface area (Å²) in [6.45, 7) is 0. The van der Waals surface area contributed by atoms with Crippen molar-refractivity contribution in [3.8, 4) is 0 Å². The molecule has 0 aromatic heterocycles. The number of carbonyl (C=O) groups excluding carboxylic acids is 1. The topological polar surface area (TPSA) is 29.1 Å². The lowest BCUT2D eigenvalue weighted by atomic mass is 9.78. The minimum absolute atomic E-state index is 0.203. The van der Waals surface area contributed by atoms with E-state index in [-0.39, 0.29) is 5.54 Å². The molecule has 0 aromatic carbocycles. The highest BCUT2D eigenvalue weighted by Crippen LogP contribution is 2.41. The van der Waals surface area contributed by atoms with Crippen molar-refractivity contribution >= 4 is 6.41 Å². The molecule has 0 aromatic rings. The molecule has 3 fully saturated rings. The van der Waals surface area contributed by atoms with Crippen LogP contribution in [0.3, 0.4) is 0 Å². The quantitative estimate of drug-likeness (QED) is 0.625. The summed E-state index contributed by atoms with van der Waals surface area (Å²) < 4.78 is 0. The van der Waals surface area contributed by atoms with E-state index < -0.39 is 0 Å². The Hall–Kier alpha value is -0.530. The van der Waals surface area contributed by atoms with Gasteiger partial charge < -0.3 is 5.32 Å². The summed E-state index contributed by atoms with van der Waals surface area (Å²) in [4.78, 5) is 10.5. The molecule has 12 heavy (non-hydrogen) atoms. The van der Waals surface area contributed by atoms with Crippen LogP contribution in [-0.2, 0) is 4.79 Å². The van der Waals surface area contributed by atoms with Gasteiger partial charge in [0.1, 0.15) is 0 Å². The number of rotatable bonds is 2. The van der Waals surface area contributed by atoms with Crippen molar-refractivity contribution in [2.45, 2.75) is 50.5 Å². The first-order valence-electron chi connectivity index (χ1n) is 5.06. The molecule has 3 saturated carbocycles. The molecule has 1 amide bonds. The number of fused-ring (bicyclic) bond motifs is 4. The number of amides is 1. The van der Waals surface area contributed by atoms with Gasteiger partial charge in [-0.2, -0.15) is 0 Å². The largest absolute Gasteiger partial charge is 0.353 e. The Labute approximate surface area is 73.7 Å². The summed E-state index contributed by atoms with van der Waals surface area (Å²) in [6.07, 6.45) is 9.91. The van der Waals surface area contributed by atoms with E-state index in [0.717, 1.165) is 12.3 Å². The molecule has 0 radical (unpaired) electrons. The third-order valence-corrected chi connectivity index (χ3v) is 3.70. The second-order valence-corrected chi connectivity index (χ2v) is 4.38. The Kier molecular flexibility index (Phi) is 2.07. The minimum Gasteiger partial charge on any atom is -0.353 e. The van der Waals surface area contributed by atoms with Crippen LogP contribution in [0.15, 0.2) is 0 Å². The summed E-state index contributed by atoms with van der Waals surface area (Å²) in [5, 5.41) is 3.04. The second-order valence-electron chi connectivity index (χ2n) is 4.38. The van der Waals surface area contributed by atoms with Gasteiger partial charge in [-0.25, -0.2) is 0 Å². The molecule has 1 N–H and O–H groups in total. The fourth-order valence-electron chi connectivity index (χ4n) is 2.84. The van der Waals surface area contributed by atoms with Gasteiger partial charge in [0.15, 0.2) is 0 Å². The first-order chi connectivity index (χ1) is 5.85. The van der Waals surface area contributed by atoms with E-state index in [1.807, 2.05) is 0 Å². The average Bonchev–Trinajstić information content (AvgIpc) is 2.38. The standard InChI is InChI=1S/C10H17NO/c12-8-11-10-5-1-2-9(3-6-10)4-7-10/h8-9H,1-7H2,(H,11,12). The maximum atomic E-state index is 10.5. The molecule has 0 unspecified atom stereocenters. The fourth-order valence-corrected chi connectivity index (χ4v) is 2.84. The third-order valence-electron chi connectivity index (χ3n) is 3.70. The highest BCUT2D eigenvalue weighted by Gasteiger charge is 2.37. The van der Waals surface area contributed by atoms with Crippen LogP contribution in [0.1, 0.15) is 44.9 Å². The minimum atomic E-state index is 0.203. The lowest BCUT2D eigenvalue weighted by Crippen LogP contribution is -2.45. The van der Waals surface area contributed by atoms with Crippen LogP contribution in [0.5, 0.6) is 0 Å². The highest BCUT2D eigenvalue weighted by molar-refractivity contribution is 5.48. The van der Waals surface area contributed by atoms with Gasteiger partial charge in [-0.15, -0.1) is 0 Å². The van der Waals surface area contributed by atoms with Crippen LogP contribution in [0.2, 0.25) is 0 Å². The van der Waals surface area contributed by atoms with Gasteiger partial charge >= 0.3 is 0 Å². The average molecular weight is 167 g/mol. The molecule has 0 heterocycles. The van der Waals surface area contributed by atoms with Crippen LogP contribution < -0.4 is 5.32 Å². The third kappa shape index (κ3) is 1.35. The van der Waals surface area contributed by atoms with Gasteiger partial charge in [0, 0.05) is 5.54 Å². The monoisotopic (exact) mass is 167 g/mol. The summed E-state index contributed by atoms with van der Waals surface area (Å²) in [5.74, 6) is 0.967. The molecule has 68 valence electrons. The molecule has 3 rings (SSSR count). The van der Waals surface area contributed by atoms with Crippen molar-refractivity contribution in [1.29, 1.82) is 0 Å². The number of nitrogens with one attached hydrogen (secondary N) is 1. The van der Waals surface area contributed by atoms with Crippen molar-refractivity contribution in [1.82, 2.24) is 5.32 Å². The molecule has 0 atom stereocenters. The van der Waals surface area contributed by atoms with Crippen LogP contribution >= 0.6 is 0 Å². The zero-order valence-corrected chi connectivity index (χ0v) is 7.51. The Bertz CT molecular complexity index is 165. The molecule has 3 aliphatic carbocycles. The summed E-state index contributed by atoms with van der Waals surface area (Å²) in [6, 6.07) is 0. The highest BCUT2D eigenvalue weighted by atomic mass is 16.1. The molecule has 2 bridgehead atoms. The van der Waals surface area contributed by atoms with Crippen molar-refractivity contribution < 1.29 is 4.79 Å². The second kappa shape index (κ2) is 3.08. The Morgan fingerprint density at radius 3 is 2.58 bits per heavy atom. The molecular weight excluding hydrogens is 150 g/mol. The molecule has 3 aliphatic rings. The van der Waals surface area contributed by atoms with E-state index in [0.29, 0.717) is 0 Å². The lowest BCUT2D eigenvalue weighted by molar-refractivity contribution is -0.111. The zero-order chi connectivity index (χ0) is 8.44. The van der Waals surface area contributed by atoms with E-state index in [1.54, 1.807) is 0 Å². The number of carbonyl (C=O) groups is 1. The smallest absolute Gasteiger partial charge is 0.207 e. The van der Waals surface area contributed by atoms with Gasteiger partial charge in [0.2, 0.25) is 6.41 Å². The maximum absolute atomic E-state index is 10.5. The van der Waals surface area contributed by atoms with E-state index in [4.69, 9.17) is 0 Å². The predicted molar refractivity (Wildman–Crippen MR) is 47.7 cm³/mol. The van der Waals surface area contributed by atoms with Crippen LogP contribution in [0.4, 0.5) is 0 Å². The van der Waals surface area contributed by atoms with Gasteiger partial charge in [-0.05, 0) is 38.0 Å². The van der Waals surface area contributed by atoms with E-state index >= 15 is 0 Å². The Morgan fingerprint density at radius 2 is 1.92 bits per heavy atom. The van der Waals surface area contributed by atoms with Crippen molar-refractivity contribution in [2.24, 2.45) is 5.92 Å². The van der Waals surface area contributed by atoms with Crippen molar-refractivity contribution in [3.05, 3.63) is 0 Å². The summed E-state index contributed by atoms with van der Waals surface area (Å²) in [7, 11) is 0. The van der Waals surface area contributed by atoms with E-state index in [9.17, 15) is 4.79 Å². The number of hydrogen-bond donors (Lipinski definition) is 1. The molecular formula is C10H17NO. The van der Waals surface area contributed by atoms with E-state index in [2.05, 4.69) is 5.32 Å². The molecule has 2 heteroatoms. The van der Waals surface area contributed by atoms with Gasteiger partial charge in [-0.3, -0.25) is 4.79 Å². The molecule has 0 spiro atoms. The Balaban J connectivity index is 2.08. The van der Waals surface area contributed by atoms with Gasteiger partial charge in [0.25, 0.3) is 0 Å². The maximum Gasteiger partial charge on any atom is 0.207 e. The molecule has 0 aliphatic heterocycles. The van der Waals surface area contributed by atoms with Crippen molar-refractivity contribution in [2.75, 3.05) is 0 Å². The summed E-state index contributed by atoms with van der Waals surface area (Å²) in [5.41, 5.74) is 0.203. The summed E-state index contributed by atoms with van der Waals surface area (Å²) >= 11 is 0. The normalized spacial score (nSPS) is 40.5. The van der Waals surface area contributed by atoms with Gasteiger partial charge in [-0.1, -0.05) is 12.8 Å². The predicted octanol–water partition coefficient (Wildman–Crippen LogP) is 1.85. The molecule has 0 saturated heterocycles. The van der Waals surface area contributed by atoms with Crippen LogP contribution in [0, 0.1) is 5.92 Å². The number of hydrogen-bond acceptors (Lipinski definition) is 1.